The minimum atomic E-state index is -3.26. The number of carbonyl (C=O) groups is 1. The number of carbonyl (C=O) groups excluding carboxylic acids is 1. The van der Waals surface area contributed by atoms with Crippen LogP contribution in [0.5, 0.6) is 0 Å². The molecule has 30 heavy (non-hydrogen) atoms. The summed E-state index contributed by atoms with van der Waals surface area (Å²) < 4.78 is 35.2. The number of hydrogen-bond donors (Lipinski definition) is 2. The van der Waals surface area contributed by atoms with Crippen molar-refractivity contribution in [2.45, 2.75) is 76.6 Å². The van der Waals surface area contributed by atoms with Crippen molar-refractivity contribution in [3.05, 3.63) is 24.0 Å². The number of rotatable bonds is 8. The number of allylic oxidation sites excluding steroid dienone is 2. The SMILES string of the molecule is CCC#CCC(C)C(O)C=CC1C(O)CC2OC(=CCCCC(=O)[O-])C(F)(F)C21.[Na+]. The van der Waals surface area contributed by atoms with Crippen LogP contribution < -0.4 is 34.7 Å². The zero-order chi connectivity index (χ0) is 21.6. The van der Waals surface area contributed by atoms with Crippen molar-refractivity contribution < 1.29 is 63.2 Å². The Morgan fingerprint density at radius 2 is 2.13 bits per heavy atom. The van der Waals surface area contributed by atoms with Gasteiger partial charge in [-0.1, -0.05) is 26.0 Å². The van der Waals surface area contributed by atoms with E-state index in [1.807, 2.05) is 13.8 Å². The standard InChI is InChI=1S/C22H30F2O5.Na/c1-3-4-5-8-14(2)16(25)12-11-15-17(26)13-18-21(15)22(23,24)19(29-18)9-6-7-10-20(27)28;/h9,11-12,14-18,21,25-26H,3,6-8,10,13H2,1-2H3,(H,27,28);/q;+1/p-1. The predicted octanol–water partition coefficient (Wildman–Crippen LogP) is -0.818. The van der Waals surface area contributed by atoms with E-state index in [1.54, 1.807) is 0 Å². The minimum Gasteiger partial charge on any atom is -0.550 e. The van der Waals surface area contributed by atoms with Crippen molar-refractivity contribution >= 4 is 5.97 Å². The zero-order valence-electron chi connectivity index (χ0n) is 17.8. The van der Waals surface area contributed by atoms with Gasteiger partial charge in [0, 0.05) is 31.1 Å². The first-order chi connectivity index (χ1) is 13.7. The molecule has 1 heterocycles. The van der Waals surface area contributed by atoms with Crippen LogP contribution in [0.1, 0.15) is 52.4 Å². The zero-order valence-corrected chi connectivity index (χ0v) is 19.8. The van der Waals surface area contributed by atoms with Crippen LogP contribution in [-0.4, -0.2) is 40.4 Å². The van der Waals surface area contributed by atoms with E-state index in [9.17, 15) is 28.9 Å². The molecule has 0 aromatic carbocycles. The van der Waals surface area contributed by atoms with Crippen molar-refractivity contribution in [2.24, 2.45) is 17.8 Å². The molecular weight excluding hydrogens is 405 g/mol. The van der Waals surface area contributed by atoms with Gasteiger partial charge < -0.3 is 24.9 Å². The molecule has 0 radical (unpaired) electrons. The minimum absolute atomic E-state index is 0. The summed E-state index contributed by atoms with van der Waals surface area (Å²) in [5, 5.41) is 30.9. The first kappa shape index (κ1) is 27.1. The summed E-state index contributed by atoms with van der Waals surface area (Å²) in [6.45, 7) is 3.76. The molecular formula is C22H29F2NaO5. The van der Waals surface area contributed by atoms with Crippen LogP contribution in [0.15, 0.2) is 24.0 Å². The number of hydrogen-bond acceptors (Lipinski definition) is 5. The number of ether oxygens (including phenoxy) is 1. The van der Waals surface area contributed by atoms with Crippen molar-refractivity contribution in [3.8, 4) is 11.8 Å². The van der Waals surface area contributed by atoms with Gasteiger partial charge in [-0.05, 0) is 31.3 Å². The van der Waals surface area contributed by atoms with Gasteiger partial charge in [0.1, 0.15) is 6.10 Å². The van der Waals surface area contributed by atoms with Crippen molar-refractivity contribution in [2.75, 3.05) is 0 Å². The average molecular weight is 434 g/mol. The molecule has 2 fully saturated rings. The van der Waals surface area contributed by atoms with Gasteiger partial charge in [0.15, 0.2) is 5.76 Å². The number of fused-ring (bicyclic) bond motifs is 1. The molecule has 162 valence electrons. The fourth-order valence-electron chi connectivity index (χ4n) is 3.85. The fraction of sp³-hybridized carbons (Fsp3) is 0.682. The number of alkyl halides is 2. The Morgan fingerprint density at radius 3 is 2.77 bits per heavy atom. The maximum Gasteiger partial charge on any atom is 1.00 e. The normalized spacial score (nSPS) is 30.1. The summed E-state index contributed by atoms with van der Waals surface area (Å²) in [6, 6.07) is 0. The van der Waals surface area contributed by atoms with E-state index >= 15 is 0 Å². The second-order valence-corrected chi connectivity index (χ2v) is 7.78. The van der Waals surface area contributed by atoms with Crippen LogP contribution in [0.3, 0.4) is 0 Å². The summed E-state index contributed by atoms with van der Waals surface area (Å²) in [6.07, 6.45) is 2.98. The van der Waals surface area contributed by atoms with Crippen molar-refractivity contribution in [3.63, 3.8) is 0 Å². The molecule has 6 unspecified atom stereocenters. The molecule has 2 aliphatic rings. The Hall–Kier alpha value is -0.910. The van der Waals surface area contributed by atoms with Gasteiger partial charge in [0.05, 0.1) is 18.1 Å². The van der Waals surface area contributed by atoms with E-state index in [0.717, 1.165) is 6.42 Å². The van der Waals surface area contributed by atoms with Gasteiger partial charge in [0.2, 0.25) is 0 Å². The van der Waals surface area contributed by atoms with Gasteiger partial charge in [0.25, 0.3) is 0 Å². The van der Waals surface area contributed by atoms with Crippen LogP contribution in [0.2, 0.25) is 0 Å². The number of halogens is 2. The van der Waals surface area contributed by atoms with E-state index in [4.69, 9.17) is 4.74 Å². The van der Waals surface area contributed by atoms with E-state index in [2.05, 4.69) is 11.8 Å². The number of carboxylic acids is 1. The molecule has 0 spiro atoms. The predicted molar refractivity (Wildman–Crippen MR) is 101 cm³/mol. The molecule has 1 saturated heterocycles. The smallest absolute Gasteiger partial charge is 0.550 e. The average Bonchev–Trinajstić information content (AvgIpc) is 3.09. The molecule has 0 aromatic heterocycles. The molecule has 1 aliphatic carbocycles. The van der Waals surface area contributed by atoms with E-state index in [1.165, 1.54) is 18.2 Å². The summed E-state index contributed by atoms with van der Waals surface area (Å²) in [7, 11) is 0. The number of carboxylic acid groups (broad SMARTS) is 1. The molecule has 0 aromatic rings. The summed E-state index contributed by atoms with van der Waals surface area (Å²) in [4.78, 5) is 10.4. The quantitative estimate of drug-likeness (QED) is 0.226. The summed E-state index contributed by atoms with van der Waals surface area (Å²) in [5.74, 6) is -1.27. The van der Waals surface area contributed by atoms with E-state index < -0.39 is 47.8 Å². The van der Waals surface area contributed by atoms with Crippen LogP contribution in [0.4, 0.5) is 8.78 Å². The molecule has 2 rings (SSSR count). The number of aliphatic carboxylic acids is 1. The second-order valence-electron chi connectivity index (χ2n) is 7.78. The molecule has 0 bridgehead atoms. The Morgan fingerprint density at radius 1 is 1.43 bits per heavy atom. The Labute approximate surface area is 198 Å². The Balaban J connectivity index is 0.00000450. The van der Waals surface area contributed by atoms with Crippen LogP contribution >= 0.6 is 0 Å². The number of aliphatic hydroxyl groups excluding tert-OH is 2. The van der Waals surface area contributed by atoms with Gasteiger partial charge in [-0.3, -0.25) is 0 Å². The van der Waals surface area contributed by atoms with Gasteiger partial charge in [-0.15, -0.1) is 11.8 Å². The van der Waals surface area contributed by atoms with Gasteiger partial charge >= 0.3 is 35.5 Å². The molecule has 0 amide bonds. The van der Waals surface area contributed by atoms with Gasteiger partial charge in [-0.25, -0.2) is 0 Å². The number of aliphatic hydroxyl groups is 2. The maximum atomic E-state index is 14.9. The van der Waals surface area contributed by atoms with Crippen molar-refractivity contribution in [1.29, 1.82) is 0 Å². The van der Waals surface area contributed by atoms with Crippen LogP contribution in [0, 0.1) is 29.6 Å². The monoisotopic (exact) mass is 434 g/mol. The largest absolute Gasteiger partial charge is 1.00 e. The van der Waals surface area contributed by atoms with Crippen LogP contribution in [-0.2, 0) is 9.53 Å². The molecule has 5 nitrogen and oxygen atoms in total. The van der Waals surface area contributed by atoms with E-state index in [0.29, 0.717) is 6.42 Å². The molecule has 1 aliphatic heterocycles. The van der Waals surface area contributed by atoms with Gasteiger partial charge in [-0.2, -0.15) is 8.78 Å². The molecule has 8 heteroatoms. The summed E-state index contributed by atoms with van der Waals surface area (Å²) in [5.41, 5.74) is 0. The Kier molecular flexibility index (Phi) is 11.0. The van der Waals surface area contributed by atoms with Crippen LogP contribution in [0.25, 0.3) is 0 Å². The van der Waals surface area contributed by atoms with Crippen molar-refractivity contribution in [1.82, 2.24) is 0 Å². The second kappa shape index (κ2) is 12.2. The Bertz CT molecular complexity index is 697. The third-order valence-electron chi connectivity index (χ3n) is 5.51. The number of unbranched alkanes of at least 4 members (excludes halogenated alkanes) is 1. The molecule has 1 saturated carbocycles. The topological polar surface area (TPSA) is 89.8 Å². The van der Waals surface area contributed by atoms with E-state index in [-0.39, 0.29) is 61.2 Å². The maximum absolute atomic E-state index is 14.9. The first-order valence-corrected chi connectivity index (χ1v) is 10.1. The molecule has 2 N–H and O–H groups in total. The third kappa shape index (κ3) is 6.80. The first-order valence-electron chi connectivity index (χ1n) is 10.1. The summed E-state index contributed by atoms with van der Waals surface area (Å²) >= 11 is 0. The molecule has 6 atom stereocenters. The fourth-order valence-corrected chi connectivity index (χ4v) is 3.85. The third-order valence-corrected chi connectivity index (χ3v) is 5.51.